The number of unbranched alkanes of at least 4 members (excludes halogenated alkanes) is 1. The number of hydrogen-bond donors (Lipinski definition) is 2. The Labute approximate surface area is 268 Å². The van der Waals surface area contributed by atoms with E-state index in [0.717, 1.165) is 42.6 Å². The van der Waals surface area contributed by atoms with Gasteiger partial charge in [0.1, 0.15) is 17.9 Å². The second-order valence-electron chi connectivity index (χ2n) is 11.9. The lowest BCUT2D eigenvalue weighted by Crippen LogP contribution is -2.28. The number of carbonyl (C=O) groups is 1. The number of esters is 1. The summed E-state index contributed by atoms with van der Waals surface area (Å²) in [6.07, 6.45) is 3.93. The van der Waals surface area contributed by atoms with Gasteiger partial charge in [-0.15, -0.1) is 0 Å². The van der Waals surface area contributed by atoms with Crippen molar-refractivity contribution in [3.8, 4) is 16.9 Å². The van der Waals surface area contributed by atoms with Crippen LogP contribution in [0.15, 0.2) is 72.8 Å². The Balaban J connectivity index is 1.59. The van der Waals surface area contributed by atoms with Crippen LogP contribution in [0.25, 0.3) is 11.1 Å². The van der Waals surface area contributed by atoms with Gasteiger partial charge in [0.15, 0.2) is 0 Å². The number of anilines is 2. The summed E-state index contributed by atoms with van der Waals surface area (Å²) in [5.41, 5.74) is 12.2. The molecule has 0 unspecified atom stereocenters. The fourth-order valence-corrected chi connectivity index (χ4v) is 6.78. The summed E-state index contributed by atoms with van der Waals surface area (Å²) in [5, 5.41) is 6.57. The summed E-state index contributed by atoms with van der Waals surface area (Å²) in [7, 11) is 5.54. The number of carbonyl (C=O) groups excluding carboxylic acids is 1. The summed E-state index contributed by atoms with van der Waals surface area (Å²) in [4.78, 5) is 13.3. The van der Waals surface area contributed by atoms with Crippen LogP contribution in [0.1, 0.15) is 69.9 Å². The molecule has 236 valence electrons. The number of fused-ring (bicyclic) bond motifs is 3. The number of aryl methyl sites for hydroxylation is 3. The van der Waals surface area contributed by atoms with Gasteiger partial charge in [0.05, 0.1) is 24.6 Å². The maximum atomic E-state index is 13.3. The highest BCUT2D eigenvalue weighted by molar-refractivity contribution is 5.93. The monoisotopic (exact) mass is 606 g/mol. The van der Waals surface area contributed by atoms with E-state index in [1.807, 2.05) is 33.2 Å². The van der Waals surface area contributed by atoms with Gasteiger partial charge in [0.25, 0.3) is 0 Å². The van der Waals surface area contributed by atoms with Crippen molar-refractivity contribution in [2.75, 3.05) is 51.7 Å². The third-order valence-electron chi connectivity index (χ3n) is 8.96. The first-order valence-corrected chi connectivity index (χ1v) is 16.0. The van der Waals surface area contributed by atoms with Crippen LogP contribution in [0.5, 0.6) is 5.75 Å². The van der Waals surface area contributed by atoms with Crippen molar-refractivity contribution in [2.24, 2.45) is 0 Å². The zero-order valence-electron chi connectivity index (χ0n) is 27.5. The molecule has 0 bridgehead atoms. The molecule has 1 aliphatic carbocycles. The van der Waals surface area contributed by atoms with Crippen molar-refractivity contribution >= 4 is 17.3 Å². The summed E-state index contributed by atoms with van der Waals surface area (Å²) < 4.78 is 16.7. The van der Waals surface area contributed by atoms with Crippen molar-refractivity contribution in [2.45, 2.75) is 51.9 Å². The molecule has 6 heteroatoms. The predicted molar refractivity (Wildman–Crippen MR) is 184 cm³/mol. The molecule has 45 heavy (non-hydrogen) atoms. The second kappa shape index (κ2) is 14.2. The van der Waals surface area contributed by atoms with Gasteiger partial charge in [0.2, 0.25) is 0 Å². The van der Waals surface area contributed by atoms with Crippen LogP contribution in [0, 0.1) is 13.8 Å². The Bertz CT molecular complexity index is 1610. The van der Waals surface area contributed by atoms with Gasteiger partial charge in [-0.25, -0.2) is 4.79 Å². The highest BCUT2D eigenvalue weighted by Gasteiger charge is 2.44. The van der Waals surface area contributed by atoms with Crippen molar-refractivity contribution in [1.29, 1.82) is 0 Å². The van der Waals surface area contributed by atoms with E-state index in [1.54, 1.807) is 7.11 Å². The van der Waals surface area contributed by atoms with Crippen LogP contribution in [0.4, 0.5) is 11.4 Å². The first kappa shape index (κ1) is 32.1. The third-order valence-corrected chi connectivity index (χ3v) is 8.96. The van der Waals surface area contributed by atoms with Gasteiger partial charge in [-0.3, -0.25) is 0 Å². The maximum Gasteiger partial charge on any atom is 0.341 e. The summed E-state index contributed by atoms with van der Waals surface area (Å²) in [5.74, 6) is 0.140. The molecule has 0 spiro atoms. The molecule has 4 aromatic rings. The average Bonchev–Trinajstić information content (AvgIpc) is 3.31. The Morgan fingerprint density at radius 3 is 2.09 bits per heavy atom. The largest absolute Gasteiger partial charge is 0.490 e. The molecule has 6 nitrogen and oxygen atoms in total. The lowest BCUT2D eigenvalue weighted by Gasteiger charge is -2.34. The van der Waals surface area contributed by atoms with Crippen LogP contribution in [0.3, 0.4) is 0 Å². The van der Waals surface area contributed by atoms with E-state index in [-0.39, 0.29) is 5.97 Å². The molecule has 1 aliphatic rings. The maximum absolute atomic E-state index is 13.3. The standard InChI is InChI=1S/C39H46N2O4/c1-7-44-38(42)32-25-29(14-18-37(32)45-21-20-43-6)39(19-9-8-10-28-13-17-35(40-4)36(24-28)41-5)33-22-26(2)11-15-30(33)31-16-12-27(3)23-34(31)39/h11-18,22-25,40-41H,7-10,19-21H2,1-6H3. The lowest BCUT2D eigenvalue weighted by molar-refractivity contribution is 0.0519. The number of rotatable bonds is 14. The minimum atomic E-state index is -0.429. The summed E-state index contributed by atoms with van der Waals surface area (Å²) >= 11 is 0. The van der Waals surface area contributed by atoms with Gasteiger partial charge in [-0.2, -0.15) is 0 Å². The molecule has 0 radical (unpaired) electrons. The third kappa shape index (κ3) is 6.43. The molecule has 0 heterocycles. The number of nitrogens with one attached hydrogen (secondary N) is 2. The van der Waals surface area contributed by atoms with E-state index in [9.17, 15) is 4.79 Å². The average molecular weight is 607 g/mol. The molecule has 0 aromatic heterocycles. The molecule has 0 atom stereocenters. The molecule has 0 saturated carbocycles. The zero-order valence-corrected chi connectivity index (χ0v) is 27.5. The van der Waals surface area contributed by atoms with Crippen LogP contribution in [-0.4, -0.2) is 47.0 Å². The fourth-order valence-electron chi connectivity index (χ4n) is 6.78. The van der Waals surface area contributed by atoms with Gasteiger partial charge < -0.3 is 24.8 Å². The van der Waals surface area contributed by atoms with Crippen molar-refractivity contribution < 1.29 is 19.0 Å². The number of methoxy groups -OCH3 is 1. The van der Waals surface area contributed by atoms with Gasteiger partial charge >= 0.3 is 5.97 Å². The van der Waals surface area contributed by atoms with Crippen molar-refractivity contribution in [3.63, 3.8) is 0 Å². The van der Waals surface area contributed by atoms with E-state index >= 15 is 0 Å². The number of benzene rings is 4. The molecular weight excluding hydrogens is 560 g/mol. The summed E-state index contributed by atoms with van der Waals surface area (Å²) in [6.45, 7) is 7.22. The molecule has 0 aliphatic heterocycles. The first-order valence-electron chi connectivity index (χ1n) is 16.0. The van der Waals surface area contributed by atoms with Gasteiger partial charge in [0, 0.05) is 26.6 Å². The van der Waals surface area contributed by atoms with Crippen LogP contribution < -0.4 is 15.4 Å². The van der Waals surface area contributed by atoms with Gasteiger partial charge in [-0.1, -0.05) is 66.1 Å². The van der Waals surface area contributed by atoms with E-state index in [4.69, 9.17) is 14.2 Å². The highest BCUT2D eigenvalue weighted by atomic mass is 16.5. The Morgan fingerprint density at radius 2 is 1.47 bits per heavy atom. The predicted octanol–water partition coefficient (Wildman–Crippen LogP) is 8.32. The SMILES string of the molecule is CCOC(=O)c1cc(C2(CCCCc3ccc(NC)c(NC)c3)c3cc(C)ccc3-c3ccc(C)cc32)ccc1OCCOC. The second-order valence-corrected chi connectivity index (χ2v) is 11.9. The highest BCUT2D eigenvalue weighted by Crippen LogP contribution is 2.56. The molecule has 4 aromatic carbocycles. The van der Waals surface area contributed by atoms with E-state index in [0.29, 0.717) is 31.1 Å². The zero-order chi connectivity index (χ0) is 32.0. The smallest absolute Gasteiger partial charge is 0.341 e. The minimum absolute atomic E-state index is 0.292. The van der Waals surface area contributed by atoms with E-state index in [1.165, 1.54) is 38.9 Å². The van der Waals surface area contributed by atoms with Crippen LogP contribution in [0.2, 0.25) is 0 Å². The summed E-state index contributed by atoms with van der Waals surface area (Å²) in [6, 6.07) is 26.3. The van der Waals surface area contributed by atoms with Crippen molar-refractivity contribution in [1.82, 2.24) is 0 Å². The Kier molecular flexibility index (Phi) is 10.1. The van der Waals surface area contributed by atoms with E-state index < -0.39 is 5.41 Å². The van der Waals surface area contributed by atoms with E-state index in [2.05, 4.69) is 85.1 Å². The lowest BCUT2D eigenvalue weighted by atomic mass is 9.68. The quantitative estimate of drug-likeness (QED) is 0.111. The normalized spacial score (nSPS) is 12.8. The number of ether oxygens (including phenoxy) is 3. The topological polar surface area (TPSA) is 68.8 Å². The molecule has 0 amide bonds. The molecule has 2 N–H and O–H groups in total. The van der Waals surface area contributed by atoms with Crippen LogP contribution in [-0.2, 0) is 21.3 Å². The fraction of sp³-hybridized carbons (Fsp3) is 0.359. The Morgan fingerprint density at radius 1 is 0.778 bits per heavy atom. The molecular formula is C39H46N2O4. The Hall–Kier alpha value is -4.29. The van der Waals surface area contributed by atoms with Gasteiger partial charge in [-0.05, 0) is 97.7 Å². The minimum Gasteiger partial charge on any atom is -0.490 e. The van der Waals surface area contributed by atoms with Crippen LogP contribution >= 0.6 is 0 Å². The molecule has 0 fully saturated rings. The first-order chi connectivity index (χ1) is 21.9. The van der Waals surface area contributed by atoms with Crippen molar-refractivity contribution in [3.05, 3.63) is 112 Å². The molecule has 5 rings (SSSR count). The number of hydrogen-bond acceptors (Lipinski definition) is 6. The molecule has 0 saturated heterocycles.